The Morgan fingerprint density at radius 1 is 0.833 bits per heavy atom. The van der Waals surface area contributed by atoms with Crippen molar-refractivity contribution in [3.63, 3.8) is 0 Å². The molecule has 0 fully saturated rings. The molecule has 2 aromatic rings. The first kappa shape index (κ1) is 23.8. The second-order valence-electron chi connectivity index (χ2n) is 7.73. The topological polar surface area (TPSA) is 38.8 Å². The third kappa shape index (κ3) is 8.10. The maximum atomic E-state index is 12.7. The standard InChI is InChI=1S/C26H37NO3/c1-4-7-10-14-22-18-19-25(23(21-22)15-11-8-5-2)30-27(20-6-3)26(28)29-24-16-12-9-13-17-24/h9,12-13,16-19,21H,4-8,10-11,14-15,20H2,1-3H3. The first-order valence-electron chi connectivity index (χ1n) is 11.5. The van der Waals surface area contributed by atoms with E-state index in [0.717, 1.165) is 31.4 Å². The van der Waals surface area contributed by atoms with Crippen LogP contribution in [0.5, 0.6) is 11.5 Å². The molecule has 164 valence electrons. The van der Waals surface area contributed by atoms with Gasteiger partial charge in [-0.1, -0.05) is 76.8 Å². The molecule has 4 heteroatoms. The lowest BCUT2D eigenvalue weighted by Crippen LogP contribution is -2.37. The molecule has 2 rings (SSSR count). The van der Waals surface area contributed by atoms with E-state index in [4.69, 9.17) is 9.57 Å². The van der Waals surface area contributed by atoms with E-state index >= 15 is 0 Å². The van der Waals surface area contributed by atoms with E-state index in [1.165, 1.54) is 48.3 Å². The van der Waals surface area contributed by atoms with Gasteiger partial charge in [0.05, 0.1) is 6.54 Å². The minimum absolute atomic E-state index is 0.471. The number of carbonyl (C=O) groups excluding carboxylic acids is 1. The van der Waals surface area contributed by atoms with Crippen LogP contribution in [-0.4, -0.2) is 17.7 Å². The van der Waals surface area contributed by atoms with E-state index in [0.29, 0.717) is 12.3 Å². The Morgan fingerprint density at radius 2 is 1.53 bits per heavy atom. The van der Waals surface area contributed by atoms with Crippen molar-refractivity contribution in [1.82, 2.24) is 5.06 Å². The van der Waals surface area contributed by atoms with Gasteiger partial charge in [-0.3, -0.25) is 0 Å². The summed E-state index contributed by atoms with van der Waals surface area (Å²) >= 11 is 0. The summed E-state index contributed by atoms with van der Waals surface area (Å²) in [6, 6.07) is 15.5. The number of nitrogens with zero attached hydrogens (tertiary/aromatic N) is 1. The summed E-state index contributed by atoms with van der Waals surface area (Å²) in [5, 5.41) is 1.34. The second-order valence-corrected chi connectivity index (χ2v) is 7.73. The fraction of sp³-hybridized carbons (Fsp3) is 0.500. The van der Waals surface area contributed by atoms with Gasteiger partial charge in [-0.05, 0) is 61.4 Å². The molecular formula is C26H37NO3. The molecule has 0 unspecified atom stereocenters. The Labute approximate surface area is 182 Å². The number of unbranched alkanes of at least 4 members (excludes halogenated alkanes) is 4. The Hall–Kier alpha value is -2.49. The number of hydrogen-bond donors (Lipinski definition) is 0. The molecule has 0 aliphatic carbocycles. The zero-order chi connectivity index (χ0) is 21.6. The van der Waals surface area contributed by atoms with Gasteiger partial charge in [0.25, 0.3) is 0 Å². The van der Waals surface area contributed by atoms with E-state index in [1.54, 1.807) is 12.1 Å². The average molecular weight is 412 g/mol. The van der Waals surface area contributed by atoms with Crippen LogP contribution < -0.4 is 9.57 Å². The predicted octanol–water partition coefficient (Wildman–Crippen LogP) is 7.36. The molecule has 2 aromatic carbocycles. The molecule has 30 heavy (non-hydrogen) atoms. The van der Waals surface area contributed by atoms with Crippen LogP contribution in [0.2, 0.25) is 0 Å². The Kier molecular flexibility index (Phi) is 10.8. The SMILES string of the molecule is CCCCCc1ccc(ON(CCC)C(=O)Oc2ccccc2)c(CCCCC)c1. The van der Waals surface area contributed by atoms with Gasteiger partial charge in [0, 0.05) is 0 Å². The third-order valence-corrected chi connectivity index (χ3v) is 5.03. The Morgan fingerprint density at radius 3 is 2.20 bits per heavy atom. The summed E-state index contributed by atoms with van der Waals surface area (Å²) in [6.07, 6.45) is 9.50. The van der Waals surface area contributed by atoms with Crippen LogP contribution in [0.1, 0.15) is 76.8 Å². The van der Waals surface area contributed by atoms with Gasteiger partial charge < -0.3 is 9.57 Å². The van der Waals surface area contributed by atoms with Gasteiger partial charge in [-0.15, -0.1) is 5.06 Å². The highest BCUT2D eigenvalue weighted by Gasteiger charge is 2.19. The fourth-order valence-corrected chi connectivity index (χ4v) is 3.35. The van der Waals surface area contributed by atoms with Crippen LogP contribution >= 0.6 is 0 Å². The van der Waals surface area contributed by atoms with Crippen molar-refractivity contribution in [2.45, 2.75) is 78.6 Å². The van der Waals surface area contributed by atoms with E-state index in [1.807, 2.05) is 31.2 Å². The van der Waals surface area contributed by atoms with Gasteiger partial charge in [0.15, 0.2) is 5.75 Å². The Bertz CT molecular complexity index is 745. The second kappa shape index (κ2) is 13.7. The normalized spacial score (nSPS) is 10.6. The number of hydroxylamine groups is 2. The molecule has 0 spiro atoms. The molecule has 0 atom stereocenters. The summed E-state index contributed by atoms with van der Waals surface area (Å²) in [6.45, 7) is 6.93. The van der Waals surface area contributed by atoms with Crippen molar-refractivity contribution in [3.8, 4) is 11.5 Å². The van der Waals surface area contributed by atoms with Crippen molar-refractivity contribution in [2.75, 3.05) is 6.54 Å². The molecule has 0 aliphatic heterocycles. The number of para-hydroxylation sites is 1. The van der Waals surface area contributed by atoms with Crippen molar-refractivity contribution in [1.29, 1.82) is 0 Å². The molecule has 0 aromatic heterocycles. The molecular weight excluding hydrogens is 374 g/mol. The van der Waals surface area contributed by atoms with Crippen molar-refractivity contribution in [3.05, 3.63) is 59.7 Å². The maximum absolute atomic E-state index is 12.7. The highest BCUT2D eigenvalue weighted by Crippen LogP contribution is 2.25. The summed E-state index contributed by atoms with van der Waals surface area (Å²) in [5.41, 5.74) is 2.52. The minimum Gasteiger partial charge on any atom is -0.408 e. The molecule has 0 saturated heterocycles. The molecule has 0 heterocycles. The highest BCUT2D eigenvalue weighted by atomic mass is 16.7. The smallest absolute Gasteiger partial charge is 0.408 e. The monoisotopic (exact) mass is 411 g/mol. The van der Waals surface area contributed by atoms with Crippen LogP contribution in [0.15, 0.2) is 48.5 Å². The minimum atomic E-state index is -0.491. The number of hydrogen-bond acceptors (Lipinski definition) is 3. The fourth-order valence-electron chi connectivity index (χ4n) is 3.35. The summed E-state index contributed by atoms with van der Waals surface area (Å²) in [7, 11) is 0. The van der Waals surface area contributed by atoms with E-state index in [-0.39, 0.29) is 0 Å². The molecule has 0 bridgehead atoms. The van der Waals surface area contributed by atoms with Crippen LogP contribution in [0, 0.1) is 0 Å². The molecule has 0 N–H and O–H groups in total. The lowest BCUT2D eigenvalue weighted by molar-refractivity contribution is -0.0327. The number of rotatable bonds is 13. The first-order chi connectivity index (χ1) is 14.7. The first-order valence-corrected chi connectivity index (χ1v) is 11.5. The van der Waals surface area contributed by atoms with E-state index in [2.05, 4.69) is 26.0 Å². The molecule has 1 amide bonds. The molecule has 4 nitrogen and oxygen atoms in total. The summed E-state index contributed by atoms with van der Waals surface area (Å²) in [5.74, 6) is 1.27. The molecule has 0 aliphatic rings. The van der Waals surface area contributed by atoms with Gasteiger partial charge in [-0.25, -0.2) is 4.79 Å². The zero-order valence-corrected chi connectivity index (χ0v) is 18.9. The van der Waals surface area contributed by atoms with Gasteiger partial charge in [0.2, 0.25) is 0 Å². The summed E-state index contributed by atoms with van der Waals surface area (Å²) in [4.78, 5) is 18.8. The van der Waals surface area contributed by atoms with Crippen molar-refractivity contribution >= 4 is 6.09 Å². The van der Waals surface area contributed by atoms with Gasteiger partial charge in [-0.2, -0.15) is 0 Å². The number of benzene rings is 2. The average Bonchev–Trinajstić information content (AvgIpc) is 2.76. The highest BCUT2D eigenvalue weighted by molar-refractivity contribution is 5.69. The number of ether oxygens (including phenoxy) is 1. The van der Waals surface area contributed by atoms with Crippen LogP contribution in [0.3, 0.4) is 0 Å². The predicted molar refractivity (Wildman–Crippen MR) is 123 cm³/mol. The quantitative estimate of drug-likeness (QED) is 0.255. The third-order valence-electron chi connectivity index (χ3n) is 5.03. The maximum Gasteiger partial charge on any atom is 0.448 e. The number of amides is 1. The van der Waals surface area contributed by atoms with Gasteiger partial charge >= 0.3 is 6.09 Å². The van der Waals surface area contributed by atoms with E-state index < -0.39 is 6.09 Å². The Balaban J connectivity index is 2.14. The van der Waals surface area contributed by atoms with E-state index in [9.17, 15) is 4.79 Å². The van der Waals surface area contributed by atoms with Crippen LogP contribution in [0.25, 0.3) is 0 Å². The van der Waals surface area contributed by atoms with Crippen molar-refractivity contribution < 1.29 is 14.4 Å². The summed E-state index contributed by atoms with van der Waals surface area (Å²) < 4.78 is 5.49. The van der Waals surface area contributed by atoms with Crippen molar-refractivity contribution in [2.24, 2.45) is 0 Å². The largest absolute Gasteiger partial charge is 0.448 e. The van der Waals surface area contributed by atoms with Crippen LogP contribution in [-0.2, 0) is 12.8 Å². The number of carbonyl (C=O) groups is 1. The molecule has 0 radical (unpaired) electrons. The zero-order valence-electron chi connectivity index (χ0n) is 18.9. The van der Waals surface area contributed by atoms with Crippen LogP contribution in [0.4, 0.5) is 4.79 Å². The number of aryl methyl sites for hydroxylation is 2. The lowest BCUT2D eigenvalue weighted by Gasteiger charge is -2.23. The van der Waals surface area contributed by atoms with Gasteiger partial charge in [0.1, 0.15) is 5.75 Å². The lowest BCUT2D eigenvalue weighted by atomic mass is 10.0. The molecule has 0 saturated carbocycles.